The van der Waals surface area contributed by atoms with Crippen molar-refractivity contribution in [1.29, 1.82) is 0 Å². The van der Waals surface area contributed by atoms with Crippen LogP contribution >= 0.6 is 11.8 Å². The van der Waals surface area contributed by atoms with Crippen LogP contribution in [-0.2, 0) is 0 Å². The van der Waals surface area contributed by atoms with E-state index in [4.69, 9.17) is 5.73 Å². The number of thioether (sulfide) groups is 1. The molecule has 15 heavy (non-hydrogen) atoms. The molecule has 0 spiro atoms. The van der Waals surface area contributed by atoms with Gasteiger partial charge in [0.1, 0.15) is 0 Å². The number of hydrogen-bond donors (Lipinski definition) is 2. The summed E-state index contributed by atoms with van der Waals surface area (Å²) in [4.78, 5) is 0. The van der Waals surface area contributed by atoms with Gasteiger partial charge in [0.25, 0.3) is 0 Å². The maximum atomic E-state index is 5.94. The number of hydrogen-bond acceptors (Lipinski definition) is 3. The molecule has 2 fully saturated rings. The van der Waals surface area contributed by atoms with Gasteiger partial charge in [-0.2, -0.15) is 11.8 Å². The smallest absolute Gasteiger partial charge is 0.0319 e. The van der Waals surface area contributed by atoms with Gasteiger partial charge in [-0.25, -0.2) is 0 Å². The summed E-state index contributed by atoms with van der Waals surface area (Å²) in [5.74, 6) is 4.41. The largest absolute Gasteiger partial charge is 0.329 e. The van der Waals surface area contributed by atoms with E-state index in [0.717, 1.165) is 18.4 Å². The van der Waals surface area contributed by atoms with Gasteiger partial charge < -0.3 is 11.1 Å². The van der Waals surface area contributed by atoms with Crippen molar-refractivity contribution < 1.29 is 0 Å². The highest BCUT2D eigenvalue weighted by Gasteiger charge is 2.33. The third-order valence-corrected chi connectivity index (χ3v) is 5.05. The molecule has 0 bridgehead atoms. The predicted molar refractivity (Wildman–Crippen MR) is 68.2 cm³/mol. The van der Waals surface area contributed by atoms with Crippen LogP contribution in [0.4, 0.5) is 0 Å². The first-order valence-corrected chi connectivity index (χ1v) is 7.44. The molecule has 2 rings (SSSR count). The van der Waals surface area contributed by atoms with Crippen molar-refractivity contribution in [2.75, 3.05) is 24.6 Å². The molecule has 1 atom stereocenters. The van der Waals surface area contributed by atoms with Gasteiger partial charge >= 0.3 is 0 Å². The first-order valence-electron chi connectivity index (χ1n) is 6.29. The highest BCUT2D eigenvalue weighted by molar-refractivity contribution is 7.99. The first-order chi connectivity index (χ1) is 7.26. The van der Waals surface area contributed by atoms with E-state index in [9.17, 15) is 0 Å². The quantitative estimate of drug-likeness (QED) is 0.754. The van der Waals surface area contributed by atoms with E-state index < -0.39 is 0 Å². The summed E-state index contributed by atoms with van der Waals surface area (Å²) in [5, 5.41) is 3.77. The molecule has 0 aromatic rings. The number of rotatable bonds is 5. The van der Waals surface area contributed by atoms with Gasteiger partial charge in [0.15, 0.2) is 0 Å². The molecule has 0 radical (unpaired) electrons. The lowest BCUT2D eigenvalue weighted by Gasteiger charge is -2.38. The van der Waals surface area contributed by atoms with Crippen molar-refractivity contribution in [1.82, 2.24) is 5.32 Å². The minimum Gasteiger partial charge on any atom is -0.329 e. The van der Waals surface area contributed by atoms with Crippen molar-refractivity contribution in [3.8, 4) is 0 Å². The number of nitrogens with one attached hydrogen (secondary N) is 1. The van der Waals surface area contributed by atoms with Crippen LogP contribution in [0.25, 0.3) is 0 Å². The van der Waals surface area contributed by atoms with E-state index in [-0.39, 0.29) is 5.54 Å². The summed E-state index contributed by atoms with van der Waals surface area (Å²) >= 11 is 2.07. The molecule has 3 N–H and O–H groups in total. The van der Waals surface area contributed by atoms with E-state index >= 15 is 0 Å². The van der Waals surface area contributed by atoms with E-state index in [2.05, 4.69) is 24.0 Å². The Morgan fingerprint density at radius 3 is 2.60 bits per heavy atom. The van der Waals surface area contributed by atoms with Gasteiger partial charge in [0.2, 0.25) is 0 Å². The zero-order valence-electron chi connectivity index (χ0n) is 9.80. The Kier molecular flexibility index (Phi) is 3.97. The fourth-order valence-corrected chi connectivity index (χ4v) is 3.70. The molecule has 1 saturated carbocycles. The van der Waals surface area contributed by atoms with E-state index in [1.54, 1.807) is 0 Å². The van der Waals surface area contributed by atoms with Crippen LogP contribution in [0.15, 0.2) is 0 Å². The van der Waals surface area contributed by atoms with Crippen molar-refractivity contribution in [2.24, 2.45) is 17.6 Å². The van der Waals surface area contributed by atoms with Gasteiger partial charge in [-0.05, 0) is 55.6 Å². The standard InChI is InChI=1S/C12H24N2S/c1-10(11-2-3-11)8-14-12(9-13)4-6-15-7-5-12/h10-11,14H,2-9,13H2,1H3. The normalized spacial score (nSPS) is 27.6. The van der Waals surface area contributed by atoms with Gasteiger partial charge in [-0.15, -0.1) is 0 Å². The molecule has 2 nitrogen and oxygen atoms in total. The SMILES string of the molecule is CC(CNC1(CN)CCSCC1)C1CC1. The molecule has 0 amide bonds. The molecule has 88 valence electrons. The molecule has 3 heteroatoms. The third-order valence-electron chi connectivity index (χ3n) is 4.07. The average Bonchev–Trinajstić information content (AvgIpc) is 3.11. The monoisotopic (exact) mass is 228 g/mol. The molecule has 0 aromatic heterocycles. The minimum atomic E-state index is 0.272. The lowest BCUT2D eigenvalue weighted by Crippen LogP contribution is -2.54. The highest BCUT2D eigenvalue weighted by atomic mass is 32.2. The summed E-state index contributed by atoms with van der Waals surface area (Å²) in [6.45, 7) is 4.37. The minimum absolute atomic E-state index is 0.272. The molecular formula is C12H24N2S. The van der Waals surface area contributed by atoms with Gasteiger partial charge in [-0.3, -0.25) is 0 Å². The lowest BCUT2D eigenvalue weighted by molar-refractivity contribution is 0.282. The van der Waals surface area contributed by atoms with Crippen molar-refractivity contribution in [3.05, 3.63) is 0 Å². The second-order valence-corrected chi connectivity index (χ2v) is 6.52. The highest BCUT2D eigenvalue weighted by Crippen LogP contribution is 2.36. The van der Waals surface area contributed by atoms with Crippen LogP contribution in [0.3, 0.4) is 0 Å². The Morgan fingerprint density at radius 2 is 2.07 bits per heavy atom. The maximum absolute atomic E-state index is 5.94. The van der Waals surface area contributed by atoms with E-state index in [0.29, 0.717) is 0 Å². The van der Waals surface area contributed by atoms with Crippen LogP contribution in [0, 0.1) is 11.8 Å². The fourth-order valence-electron chi connectivity index (χ4n) is 2.42. The summed E-state index contributed by atoms with van der Waals surface area (Å²) in [7, 11) is 0. The van der Waals surface area contributed by atoms with Crippen molar-refractivity contribution in [2.45, 2.75) is 38.1 Å². The van der Waals surface area contributed by atoms with Crippen LogP contribution in [0.2, 0.25) is 0 Å². The second-order valence-electron chi connectivity index (χ2n) is 5.29. The Labute approximate surface area is 97.8 Å². The van der Waals surface area contributed by atoms with Gasteiger partial charge in [0.05, 0.1) is 0 Å². The van der Waals surface area contributed by atoms with Crippen LogP contribution < -0.4 is 11.1 Å². The van der Waals surface area contributed by atoms with Crippen LogP contribution in [0.1, 0.15) is 32.6 Å². The zero-order chi connectivity index (χ0) is 10.7. The molecule has 1 aliphatic carbocycles. The second kappa shape index (κ2) is 5.07. The molecule has 1 saturated heterocycles. The van der Waals surface area contributed by atoms with Gasteiger partial charge in [-0.1, -0.05) is 6.92 Å². The van der Waals surface area contributed by atoms with E-state index in [1.807, 2.05) is 0 Å². The Hall–Kier alpha value is 0.270. The summed E-state index contributed by atoms with van der Waals surface area (Å²) in [5.41, 5.74) is 6.22. The summed E-state index contributed by atoms with van der Waals surface area (Å²) in [6.07, 6.45) is 5.42. The molecule has 0 aromatic carbocycles. The lowest BCUT2D eigenvalue weighted by atomic mass is 9.91. The van der Waals surface area contributed by atoms with Crippen molar-refractivity contribution >= 4 is 11.8 Å². The Bertz CT molecular complexity index is 198. The molecule has 1 heterocycles. The fraction of sp³-hybridized carbons (Fsp3) is 1.00. The van der Waals surface area contributed by atoms with Gasteiger partial charge in [0, 0.05) is 12.1 Å². The molecule has 1 aliphatic heterocycles. The van der Waals surface area contributed by atoms with Crippen LogP contribution in [-0.4, -0.2) is 30.1 Å². The third kappa shape index (κ3) is 3.11. The van der Waals surface area contributed by atoms with E-state index in [1.165, 1.54) is 43.7 Å². The Balaban J connectivity index is 1.78. The molecule has 2 aliphatic rings. The maximum Gasteiger partial charge on any atom is 0.0319 e. The van der Waals surface area contributed by atoms with Crippen LogP contribution in [0.5, 0.6) is 0 Å². The topological polar surface area (TPSA) is 38.0 Å². The number of nitrogens with two attached hydrogens (primary N) is 1. The predicted octanol–water partition coefficient (Wildman–Crippen LogP) is 1.85. The van der Waals surface area contributed by atoms with Crippen molar-refractivity contribution in [3.63, 3.8) is 0 Å². The zero-order valence-corrected chi connectivity index (χ0v) is 10.6. The Morgan fingerprint density at radius 1 is 1.40 bits per heavy atom. The average molecular weight is 228 g/mol. The summed E-state index contributed by atoms with van der Waals surface area (Å²) < 4.78 is 0. The first kappa shape index (κ1) is 11.7. The molecular weight excluding hydrogens is 204 g/mol. The molecule has 1 unspecified atom stereocenters. The summed E-state index contributed by atoms with van der Waals surface area (Å²) in [6, 6.07) is 0.